The lowest BCUT2D eigenvalue weighted by molar-refractivity contribution is -0.142. The van der Waals surface area contributed by atoms with Gasteiger partial charge in [0.2, 0.25) is 5.91 Å². The Balaban J connectivity index is 2.17. The molecule has 0 saturated carbocycles. The fraction of sp³-hybridized carbons (Fsp3) is 0.417. The quantitative estimate of drug-likeness (QED) is 0.647. The van der Waals surface area contributed by atoms with Crippen LogP contribution in [-0.2, 0) is 16.1 Å². The zero-order chi connectivity index (χ0) is 22.1. The van der Waals surface area contributed by atoms with Gasteiger partial charge in [0.05, 0.1) is 7.11 Å². The lowest BCUT2D eigenvalue weighted by Crippen LogP contribution is -2.49. The molecule has 0 radical (unpaired) electrons. The molecule has 0 aliphatic heterocycles. The number of aryl methyl sites for hydroxylation is 2. The number of amides is 2. The Hall–Kier alpha value is -3.02. The van der Waals surface area contributed by atoms with E-state index in [4.69, 9.17) is 9.47 Å². The summed E-state index contributed by atoms with van der Waals surface area (Å²) in [6, 6.07) is 12.7. The zero-order valence-electron chi connectivity index (χ0n) is 18.5. The molecule has 6 nitrogen and oxygen atoms in total. The van der Waals surface area contributed by atoms with E-state index in [0.29, 0.717) is 18.0 Å². The van der Waals surface area contributed by atoms with E-state index >= 15 is 0 Å². The second-order valence-electron chi connectivity index (χ2n) is 7.40. The van der Waals surface area contributed by atoms with Gasteiger partial charge in [-0.15, -0.1) is 0 Å². The number of ether oxygens (including phenoxy) is 2. The summed E-state index contributed by atoms with van der Waals surface area (Å²) in [6.45, 7) is 8.40. The van der Waals surface area contributed by atoms with Crippen LogP contribution in [0.1, 0.15) is 37.0 Å². The normalized spacial score (nSPS) is 11.5. The maximum atomic E-state index is 13.1. The summed E-state index contributed by atoms with van der Waals surface area (Å²) in [5.41, 5.74) is 2.98. The fourth-order valence-electron chi connectivity index (χ4n) is 3.13. The van der Waals surface area contributed by atoms with Gasteiger partial charge in [0, 0.05) is 13.1 Å². The number of nitrogens with one attached hydrogen (secondary N) is 1. The minimum atomic E-state index is -0.627. The standard InChI is InChI=1S/C24H32N2O4/c1-6-12-25-24(28)19(4)26(15-20-8-7-9-21(14-20)29-5)23(27)16-30-22-11-10-17(2)13-18(22)3/h7-11,13-14,19H,6,12,15-16H2,1-5H3,(H,25,28)/t19-/m0/s1. The smallest absolute Gasteiger partial charge is 0.261 e. The molecule has 1 atom stereocenters. The van der Waals surface area contributed by atoms with E-state index in [-0.39, 0.29) is 25.0 Å². The fourth-order valence-corrected chi connectivity index (χ4v) is 3.13. The van der Waals surface area contributed by atoms with Crippen molar-refractivity contribution in [3.05, 3.63) is 59.2 Å². The highest BCUT2D eigenvalue weighted by Gasteiger charge is 2.26. The van der Waals surface area contributed by atoms with E-state index < -0.39 is 6.04 Å². The second kappa shape index (κ2) is 11.2. The molecule has 2 aromatic rings. The first-order chi connectivity index (χ1) is 14.3. The molecule has 6 heteroatoms. The van der Waals surface area contributed by atoms with Gasteiger partial charge < -0.3 is 19.7 Å². The van der Waals surface area contributed by atoms with Gasteiger partial charge in [-0.1, -0.05) is 36.8 Å². The SMILES string of the molecule is CCCNC(=O)[C@H](C)N(Cc1cccc(OC)c1)C(=O)COc1ccc(C)cc1C. The summed E-state index contributed by atoms with van der Waals surface area (Å²) >= 11 is 0. The zero-order valence-corrected chi connectivity index (χ0v) is 18.5. The molecule has 0 aromatic heterocycles. The number of carbonyl (C=O) groups excluding carboxylic acids is 2. The predicted molar refractivity (Wildman–Crippen MR) is 118 cm³/mol. The molecular weight excluding hydrogens is 380 g/mol. The van der Waals surface area contributed by atoms with Crippen molar-refractivity contribution in [3.63, 3.8) is 0 Å². The molecule has 162 valence electrons. The van der Waals surface area contributed by atoms with E-state index in [0.717, 1.165) is 23.1 Å². The highest BCUT2D eigenvalue weighted by atomic mass is 16.5. The number of rotatable bonds is 10. The monoisotopic (exact) mass is 412 g/mol. The minimum absolute atomic E-state index is 0.140. The lowest BCUT2D eigenvalue weighted by atomic mass is 10.1. The molecule has 2 aromatic carbocycles. The van der Waals surface area contributed by atoms with Crippen molar-refractivity contribution in [1.82, 2.24) is 10.2 Å². The molecule has 2 amide bonds. The lowest BCUT2D eigenvalue weighted by Gasteiger charge is -2.29. The first-order valence-corrected chi connectivity index (χ1v) is 10.3. The van der Waals surface area contributed by atoms with Gasteiger partial charge in [-0.2, -0.15) is 0 Å². The van der Waals surface area contributed by atoms with E-state index in [2.05, 4.69) is 5.32 Å². The Morgan fingerprint density at radius 3 is 2.57 bits per heavy atom. The summed E-state index contributed by atoms with van der Waals surface area (Å²) in [5, 5.41) is 2.87. The van der Waals surface area contributed by atoms with Crippen molar-refractivity contribution >= 4 is 11.8 Å². The predicted octanol–water partition coefficient (Wildman–Crippen LogP) is 3.63. The van der Waals surface area contributed by atoms with Crippen molar-refractivity contribution in [1.29, 1.82) is 0 Å². The first-order valence-electron chi connectivity index (χ1n) is 10.3. The number of methoxy groups -OCH3 is 1. The average molecular weight is 413 g/mol. The van der Waals surface area contributed by atoms with Crippen LogP contribution >= 0.6 is 0 Å². The highest BCUT2D eigenvalue weighted by Crippen LogP contribution is 2.20. The average Bonchev–Trinajstić information content (AvgIpc) is 2.74. The molecule has 0 spiro atoms. The van der Waals surface area contributed by atoms with Crippen molar-refractivity contribution < 1.29 is 19.1 Å². The van der Waals surface area contributed by atoms with Crippen LogP contribution in [0.25, 0.3) is 0 Å². The van der Waals surface area contributed by atoms with Crippen LogP contribution in [-0.4, -0.2) is 43.0 Å². The number of hydrogen-bond donors (Lipinski definition) is 1. The van der Waals surface area contributed by atoms with Crippen LogP contribution in [0.3, 0.4) is 0 Å². The Morgan fingerprint density at radius 2 is 1.90 bits per heavy atom. The molecule has 30 heavy (non-hydrogen) atoms. The van der Waals surface area contributed by atoms with Gasteiger partial charge in [0.1, 0.15) is 17.5 Å². The molecule has 0 saturated heterocycles. The van der Waals surface area contributed by atoms with Crippen molar-refractivity contribution in [3.8, 4) is 11.5 Å². The third kappa shape index (κ3) is 6.51. The summed E-state index contributed by atoms with van der Waals surface area (Å²) in [7, 11) is 1.60. The van der Waals surface area contributed by atoms with E-state index in [9.17, 15) is 9.59 Å². The minimum Gasteiger partial charge on any atom is -0.497 e. The Kier molecular flexibility index (Phi) is 8.71. The number of nitrogens with zero attached hydrogens (tertiary/aromatic N) is 1. The van der Waals surface area contributed by atoms with Crippen LogP contribution in [0, 0.1) is 13.8 Å². The van der Waals surface area contributed by atoms with Gasteiger partial charge in [0.25, 0.3) is 5.91 Å². The van der Waals surface area contributed by atoms with Gasteiger partial charge >= 0.3 is 0 Å². The number of benzene rings is 2. The van der Waals surface area contributed by atoms with Crippen molar-refractivity contribution in [2.24, 2.45) is 0 Å². The van der Waals surface area contributed by atoms with E-state index in [1.54, 1.807) is 18.9 Å². The topological polar surface area (TPSA) is 67.9 Å². The molecule has 0 heterocycles. The maximum Gasteiger partial charge on any atom is 0.261 e. The first kappa shape index (κ1) is 23.3. The number of carbonyl (C=O) groups is 2. The van der Waals surface area contributed by atoms with Crippen LogP contribution in [0.2, 0.25) is 0 Å². The van der Waals surface area contributed by atoms with Gasteiger partial charge in [-0.3, -0.25) is 9.59 Å². The molecule has 0 fully saturated rings. The maximum absolute atomic E-state index is 13.1. The Morgan fingerprint density at radius 1 is 1.13 bits per heavy atom. The summed E-state index contributed by atoms with van der Waals surface area (Å²) in [6.07, 6.45) is 0.831. The number of hydrogen-bond acceptors (Lipinski definition) is 4. The molecule has 2 rings (SSSR count). The Bertz CT molecular complexity index is 866. The third-order valence-electron chi connectivity index (χ3n) is 4.89. The largest absolute Gasteiger partial charge is 0.497 e. The molecule has 1 N–H and O–H groups in total. The molecule has 0 unspecified atom stereocenters. The van der Waals surface area contributed by atoms with Crippen molar-refractivity contribution in [2.75, 3.05) is 20.3 Å². The molecular formula is C24H32N2O4. The van der Waals surface area contributed by atoms with Gasteiger partial charge in [-0.05, 0) is 56.5 Å². The molecule has 0 bridgehead atoms. The van der Waals surface area contributed by atoms with Crippen LogP contribution in [0.5, 0.6) is 11.5 Å². The van der Waals surface area contributed by atoms with E-state index in [1.165, 1.54) is 0 Å². The van der Waals surface area contributed by atoms with Crippen LogP contribution in [0.15, 0.2) is 42.5 Å². The molecule has 0 aliphatic carbocycles. The van der Waals surface area contributed by atoms with Crippen molar-refractivity contribution in [2.45, 2.75) is 46.7 Å². The van der Waals surface area contributed by atoms with Gasteiger partial charge in [0.15, 0.2) is 6.61 Å². The third-order valence-corrected chi connectivity index (χ3v) is 4.89. The van der Waals surface area contributed by atoms with Crippen LogP contribution < -0.4 is 14.8 Å². The van der Waals surface area contributed by atoms with Gasteiger partial charge in [-0.25, -0.2) is 0 Å². The highest BCUT2D eigenvalue weighted by molar-refractivity contribution is 5.88. The summed E-state index contributed by atoms with van der Waals surface area (Å²) in [5.74, 6) is 0.935. The summed E-state index contributed by atoms with van der Waals surface area (Å²) < 4.78 is 11.1. The summed E-state index contributed by atoms with van der Waals surface area (Å²) in [4.78, 5) is 27.2. The van der Waals surface area contributed by atoms with E-state index in [1.807, 2.05) is 63.2 Å². The Labute approximate surface area is 179 Å². The van der Waals surface area contributed by atoms with Crippen LogP contribution in [0.4, 0.5) is 0 Å². The second-order valence-corrected chi connectivity index (χ2v) is 7.40. The molecule has 0 aliphatic rings.